The van der Waals surface area contributed by atoms with Crippen LogP contribution in [0.15, 0.2) is 111 Å². The Morgan fingerprint density at radius 2 is 1.41 bits per heavy atom. The minimum Gasteiger partial charge on any atom is -0.495 e. The van der Waals surface area contributed by atoms with E-state index in [1.54, 1.807) is 42.8 Å². The number of para-hydroxylation sites is 1. The number of hydrogen-bond acceptors (Lipinski definition) is 5. The highest BCUT2D eigenvalue weighted by molar-refractivity contribution is 8.00. The van der Waals surface area contributed by atoms with Crippen molar-refractivity contribution in [2.45, 2.75) is 39.3 Å². The Morgan fingerprint density at radius 1 is 0.750 bits per heavy atom. The number of hydrogen-bond donors (Lipinski definition) is 4. The van der Waals surface area contributed by atoms with Gasteiger partial charge in [-0.05, 0) is 94.5 Å². The second-order valence-corrected chi connectivity index (χ2v) is 12.6. The number of fused-ring (bicyclic) bond motifs is 2. The van der Waals surface area contributed by atoms with Gasteiger partial charge in [0.05, 0.1) is 12.6 Å². The Balaban J connectivity index is 0.000000175. The summed E-state index contributed by atoms with van der Waals surface area (Å²) in [6, 6.07) is 28.1. The van der Waals surface area contributed by atoms with Crippen LogP contribution in [0.4, 0.5) is 4.39 Å². The number of H-pyrrole nitrogens is 2. The molecule has 2 heterocycles. The summed E-state index contributed by atoms with van der Waals surface area (Å²) in [5.74, 6) is 0.685. The maximum atomic E-state index is 13.6. The number of nitrogens with one attached hydrogen (secondary N) is 4. The van der Waals surface area contributed by atoms with Crippen LogP contribution in [0.2, 0.25) is 0 Å². The third-order valence-electron chi connectivity index (χ3n) is 7.41. The molecule has 5 nitrogen and oxygen atoms in total. The van der Waals surface area contributed by atoms with Gasteiger partial charge in [-0.25, -0.2) is 4.39 Å². The number of rotatable bonds is 11. The smallest absolute Gasteiger partial charge is 0.142 e. The van der Waals surface area contributed by atoms with Crippen molar-refractivity contribution in [3.05, 3.63) is 114 Å². The standard InChI is InChI=1S/C18H19FN2S.C18H20N2OS/c1-12-18(15-11-14(19)7-8-16(15)21-12)22-17-6-4-3-5-13(17)9-10-20-2;1-19-11-10-13-6-3-4-9-16(13)22-17-12-20-18-14(17)7-5-8-15(18)21-2/h3-8,11,20-21H,9-10H2,1-2H3;3-9,12,19-20H,10-11H2,1-2H3. The van der Waals surface area contributed by atoms with Crippen LogP contribution < -0.4 is 15.4 Å². The molecule has 0 saturated carbocycles. The summed E-state index contributed by atoms with van der Waals surface area (Å²) >= 11 is 3.52. The number of aryl methyl sites for hydroxylation is 1. The van der Waals surface area contributed by atoms with Gasteiger partial charge < -0.3 is 25.3 Å². The zero-order chi connectivity index (χ0) is 30.9. The van der Waals surface area contributed by atoms with E-state index in [4.69, 9.17) is 4.74 Å². The molecule has 0 atom stereocenters. The number of methoxy groups -OCH3 is 1. The van der Waals surface area contributed by atoms with Crippen molar-refractivity contribution in [1.82, 2.24) is 20.6 Å². The summed E-state index contributed by atoms with van der Waals surface area (Å²) in [6.07, 6.45) is 4.08. The fourth-order valence-electron chi connectivity index (χ4n) is 5.13. The molecule has 0 saturated heterocycles. The minimum absolute atomic E-state index is 0.197. The van der Waals surface area contributed by atoms with E-state index in [0.29, 0.717) is 0 Å². The molecule has 0 aliphatic rings. The zero-order valence-electron chi connectivity index (χ0n) is 25.6. The van der Waals surface area contributed by atoms with Crippen molar-refractivity contribution in [1.29, 1.82) is 0 Å². The summed E-state index contributed by atoms with van der Waals surface area (Å²) in [7, 11) is 5.65. The van der Waals surface area contributed by atoms with Crippen LogP contribution in [0.25, 0.3) is 21.8 Å². The number of aromatic amines is 2. The maximum absolute atomic E-state index is 13.6. The number of benzene rings is 4. The Morgan fingerprint density at radius 3 is 2.07 bits per heavy atom. The average Bonchev–Trinajstić information content (AvgIpc) is 3.60. The summed E-state index contributed by atoms with van der Waals surface area (Å²) < 4.78 is 19.0. The van der Waals surface area contributed by atoms with Gasteiger partial charge in [-0.15, -0.1) is 0 Å². The molecule has 2 aromatic heterocycles. The molecule has 4 aromatic carbocycles. The molecule has 0 radical (unpaired) electrons. The highest BCUT2D eigenvalue weighted by Crippen LogP contribution is 2.39. The van der Waals surface area contributed by atoms with Crippen molar-refractivity contribution < 1.29 is 9.13 Å². The molecule has 8 heteroatoms. The molecule has 6 rings (SSSR count). The van der Waals surface area contributed by atoms with Crippen molar-refractivity contribution in [2.75, 3.05) is 34.3 Å². The van der Waals surface area contributed by atoms with Gasteiger partial charge in [0, 0.05) is 47.8 Å². The van der Waals surface area contributed by atoms with E-state index in [9.17, 15) is 4.39 Å². The number of aromatic nitrogens is 2. The summed E-state index contributed by atoms with van der Waals surface area (Å²) in [4.78, 5) is 11.5. The molecule has 0 fully saturated rings. The van der Waals surface area contributed by atoms with E-state index in [0.717, 1.165) is 58.7 Å². The third-order valence-corrected chi connectivity index (χ3v) is 9.94. The lowest BCUT2D eigenvalue weighted by Crippen LogP contribution is -2.10. The number of likely N-dealkylation sites (N-methyl/N-ethyl adjacent to an activating group) is 2. The van der Waals surface area contributed by atoms with Crippen LogP contribution >= 0.6 is 23.5 Å². The van der Waals surface area contributed by atoms with Crippen LogP contribution in [0.5, 0.6) is 5.75 Å². The highest BCUT2D eigenvalue weighted by Gasteiger charge is 2.13. The summed E-state index contributed by atoms with van der Waals surface area (Å²) in [5.41, 5.74) is 5.80. The first-order chi connectivity index (χ1) is 21.5. The van der Waals surface area contributed by atoms with E-state index >= 15 is 0 Å². The zero-order valence-corrected chi connectivity index (χ0v) is 27.2. The van der Waals surface area contributed by atoms with Crippen LogP contribution in [-0.4, -0.2) is 44.3 Å². The van der Waals surface area contributed by atoms with E-state index < -0.39 is 0 Å². The first-order valence-electron chi connectivity index (χ1n) is 14.7. The molecule has 0 aliphatic heterocycles. The van der Waals surface area contributed by atoms with Crippen molar-refractivity contribution >= 4 is 45.3 Å². The molecule has 0 spiro atoms. The largest absolute Gasteiger partial charge is 0.495 e. The highest BCUT2D eigenvalue weighted by atomic mass is 32.2. The molecule has 0 unspecified atom stereocenters. The molecular formula is C36H39FN4OS2. The van der Waals surface area contributed by atoms with Gasteiger partial charge in [0.25, 0.3) is 0 Å². The molecular weight excluding hydrogens is 588 g/mol. The molecule has 0 amide bonds. The van der Waals surface area contributed by atoms with E-state index in [1.807, 2.05) is 33.2 Å². The van der Waals surface area contributed by atoms with Crippen molar-refractivity contribution in [3.63, 3.8) is 0 Å². The summed E-state index contributed by atoms with van der Waals surface area (Å²) in [5, 5.41) is 8.55. The molecule has 6 aromatic rings. The second kappa shape index (κ2) is 15.3. The Bertz CT molecular complexity index is 1830. The first kappa shape index (κ1) is 31.7. The lowest BCUT2D eigenvalue weighted by Gasteiger charge is -2.09. The monoisotopic (exact) mass is 626 g/mol. The second-order valence-electron chi connectivity index (χ2n) is 10.4. The maximum Gasteiger partial charge on any atom is 0.142 e. The number of ether oxygens (including phenoxy) is 1. The predicted molar refractivity (Wildman–Crippen MR) is 184 cm³/mol. The molecule has 44 heavy (non-hydrogen) atoms. The minimum atomic E-state index is -0.197. The van der Waals surface area contributed by atoms with Crippen LogP contribution in [0.1, 0.15) is 16.8 Å². The molecule has 0 aliphatic carbocycles. The SMILES string of the molecule is CNCCc1ccccc1Sc1c(C)[nH]c2ccc(F)cc12.CNCCc1ccccc1Sc1c[nH]c2c(OC)cccc12. The van der Waals surface area contributed by atoms with Gasteiger partial charge in [-0.3, -0.25) is 0 Å². The Hall–Kier alpha value is -3.69. The van der Waals surface area contributed by atoms with Crippen molar-refractivity contribution in [3.8, 4) is 5.75 Å². The van der Waals surface area contributed by atoms with E-state index in [-0.39, 0.29) is 5.82 Å². The average molecular weight is 627 g/mol. The molecule has 4 N–H and O–H groups in total. The lowest BCUT2D eigenvalue weighted by atomic mass is 10.1. The fraction of sp³-hybridized carbons (Fsp3) is 0.222. The Kier molecular flexibility index (Phi) is 11.1. The Labute approximate surface area is 267 Å². The van der Waals surface area contributed by atoms with E-state index in [2.05, 4.69) is 81.4 Å². The number of halogens is 1. The van der Waals surface area contributed by atoms with Gasteiger partial charge in [0.2, 0.25) is 0 Å². The molecule has 228 valence electrons. The third kappa shape index (κ3) is 7.50. The first-order valence-corrected chi connectivity index (χ1v) is 16.4. The topological polar surface area (TPSA) is 64.9 Å². The van der Waals surface area contributed by atoms with Gasteiger partial charge in [-0.1, -0.05) is 72.1 Å². The van der Waals surface area contributed by atoms with Gasteiger partial charge in [0.1, 0.15) is 11.6 Å². The lowest BCUT2D eigenvalue weighted by molar-refractivity contribution is 0.419. The normalized spacial score (nSPS) is 11.1. The van der Waals surface area contributed by atoms with Crippen LogP contribution in [0.3, 0.4) is 0 Å². The quantitative estimate of drug-likeness (QED) is 0.116. The van der Waals surface area contributed by atoms with E-state index in [1.165, 1.54) is 37.3 Å². The fourth-order valence-corrected chi connectivity index (χ4v) is 7.36. The van der Waals surface area contributed by atoms with Crippen molar-refractivity contribution in [2.24, 2.45) is 0 Å². The predicted octanol–water partition coefficient (Wildman–Crippen LogP) is 8.62. The van der Waals surface area contributed by atoms with Gasteiger partial charge in [-0.2, -0.15) is 0 Å². The van der Waals surface area contributed by atoms with Gasteiger partial charge in [0.15, 0.2) is 0 Å². The van der Waals surface area contributed by atoms with Crippen LogP contribution in [0, 0.1) is 12.7 Å². The summed E-state index contributed by atoms with van der Waals surface area (Å²) in [6.45, 7) is 3.97. The van der Waals surface area contributed by atoms with Gasteiger partial charge >= 0.3 is 0 Å². The van der Waals surface area contributed by atoms with Crippen LogP contribution in [-0.2, 0) is 12.8 Å². The molecule has 0 bridgehead atoms.